The third kappa shape index (κ3) is 3.63. The molecule has 2 aliphatic heterocycles. The minimum Gasteiger partial charge on any atom is -0.373 e. The fraction of sp³-hybridized carbons (Fsp3) is 0.385. The van der Waals surface area contributed by atoms with Crippen molar-refractivity contribution in [2.75, 3.05) is 6.61 Å². The summed E-state index contributed by atoms with van der Waals surface area (Å²) in [5.41, 5.74) is 2.96. The zero-order valence-corrected chi connectivity index (χ0v) is 19.4. The van der Waals surface area contributed by atoms with Gasteiger partial charge in [0.1, 0.15) is 17.3 Å². The van der Waals surface area contributed by atoms with Crippen molar-refractivity contribution in [3.8, 4) is 11.3 Å². The Balaban J connectivity index is 1.34. The van der Waals surface area contributed by atoms with E-state index < -0.39 is 11.6 Å². The highest BCUT2D eigenvalue weighted by Crippen LogP contribution is 2.40. The van der Waals surface area contributed by atoms with Crippen LogP contribution < -0.4 is 5.56 Å². The number of nitrogens with zero attached hydrogens (tertiary/aromatic N) is 5. The summed E-state index contributed by atoms with van der Waals surface area (Å²) in [7, 11) is 0. The topological polar surface area (TPSA) is 83.5 Å². The molecule has 2 fully saturated rings. The highest BCUT2D eigenvalue weighted by atomic mass is 19.1. The van der Waals surface area contributed by atoms with E-state index in [1.54, 1.807) is 6.20 Å². The molecule has 2 atom stereocenters. The predicted molar refractivity (Wildman–Crippen MR) is 124 cm³/mol. The van der Waals surface area contributed by atoms with Gasteiger partial charge < -0.3 is 9.47 Å². The van der Waals surface area contributed by atoms with Crippen molar-refractivity contribution in [1.29, 1.82) is 0 Å². The second-order valence-corrected chi connectivity index (χ2v) is 9.73. The van der Waals surface area contributed by atoms with E-state index in [1.807, 2.05) is 10.9 Å². The van der Waals surface area contributed by atoms with Gasteiger partial charge in [0.2, 0.25) is 0 Å². The molecule has 0 bridgehead atoms. The highest BCUT2D eigenvalue weighted by Gasteiger charge is 2.31. The second kappa shape index (κ2) is 8.28. The van der Waals surface area contributed by atoms with Crippen molar-refractivity contribution in [1.82, 2.24) is 24.1 Å². The van der Waals surface area contributed by atoms with Crippen molar-refractivity contribution in [3.63, 3.8) is 0 Å². The molecule has 0 N–H and O–H groups in total. The van der Waals surface area contributed by atoms with E-state index in [1.165, 1.54) is 16.5 Å². The van der Waals surface area contributed by atoms with E-state index in [4.69, 9.17) is 14.5 Å². The van der Waals surface area contributed by atoms with Crippen molar-refractivity contribution in [2.45, 2.75) is 57.0 Å². The smallest absolute Gasteiger partial charge is 0.263 e. The number of hydrogen-bond donors (Lipinski definition) is 0. The maximum atomic E-state index is 14.9. The van der Waals surface area contributed by atoms with Crippen LogP contribution >= 0.6 is 0 Å². The molecule has 4 aromatic rings. The molecule has 1 aliphatic carbocycles. The first-order valence-electron chi connectivity index (χ1n) is 12.2. The van der Waals surface area contributed by atoms with E-state index in [2.05, 4.69) is 16.3 Å². The van der Waals surface area contributed by atoms with E-state index in [0.717, 1.165) is 24.5 Å². The molecule has 3 aliphatic rings. The quantitative estimate of drug-likeness (QED) is 0.425. The first-order chi connectivity index (χ1) is 17.5. The Kier molecular flexibility index (Phi) is 5.00. The van der Waals surface area contributed by atoms with Gasteiger partial charge in [0.15, 0.2) is 5.65 Å². The van der Waals surface area contributed by atoms with E-state index in [0.29, 0.717) is 42.4 Å². The molecule has 1 saturated heterocycles. The van der Waals surface area contributed by atoms with Crippen LogP contribution in [0.1, 0.15) is 66.3 Å². The van der Waals surface area contributed by atoms with Crippen LogP contribution in [-0.4, -0.2) is 30.8 Å². The normalized spacial score (nSPS) is 21.7. The van der Waals surface area contributed by atoms with Crippen molar-refractivity contribution in [2.24, 2.45) is 0 Å². The zero-order chi connectivity index (χ0) is 24.4. The van der Waals surface area contributed by atoms with Crippen molar-refractivity contribution >= 4 is 5.65 Å². The number of benzene rings is 1. The Labute approximate surface area is 204 Å². The monoisotopic (exact) mass is 491 g/mol. The van der Waals surface area contributed by atoms with Crippen LogP contribution in [0.4, 0.5) is 8.78 Å². The Morgan fingerprint density at radius 1 is 1.06 bits per heavy atom. The number of aromatic nitrogens is 5. The minimum absolute atomic E-state index is 0.0314. The molecule has 8 nitrogen and oxygen atoms in total. The maximum Gasteiger partial charge on any atom is 0.263 e. The fourth-order valence-electron chi connectivity index (χ4n) is 5.17. The van der Waals surface area contributed by atoms with Crippen molar-refractivity contribution in [3.05, 3.63) is 81.3 Å². The van der Waals surface area contributed by atoms with Crippen LogP contribution in [0.2, 0.25) is 0 Å². The largest absolute Gasteiger partial charge is 0.373 e. The van der Waals surface area contributed by atoms with Crippen LogP contribution in [0.3, 0.4) is 0 Å². The molecule has 10 heteroatoms. The van der Waals surface area contributed by atoms with Gasteiger partial charge in [0.05, 0.1) is 48.5 Å². The SMILES string of the molecule is O=c1c2c(nc3c(-c4ccc(F)cc4F)nc(C4CCOC(c5cnn(C6CC6)c5)C4)cn13)COC2. The number of rotatable bonds is 4. The third-order valence-corrected chi connectivity index (χ3v) is 7.30. The minimum atomic E-state index is -0.759. The van der Waals surface area contributed by atoms with E-state index >= 15 is 0 Å². The number of halogens is 2. The van der Waals surface area contributed by atoms with Gasteiger partial charge in [0, 0.05) is 42.1 Å². The van der Waals surface area contributed by atoms with Crippen LogP contribution in [0.5, 0.6) is 0 Å². The van der Waals surface area contributed by atoms with Gasteiger partial charge >= 0.3 is 0 Å². The lowest BCUT2D eigenvalue weighted by molar-refractivity contribution is 0.00454. The molecule has 2 unspecified atom stereocenters. The standard InChI is InChI=1S/C26H23F2N5O3/c27-16-1-4-18(20(28)8-16)24-25-31-22-13-35-12-19(22)26(34)32(25)11-21(30-24)14-5-6-36-23(7-14)15-9-29-33(10-15)17-2-3-17/h1,4,8-11,14,17,23H,2-3,5-7,12-13H2. The number of hydrogen-bond acceptors (Lipinski definition) is 6. The lowest BCUT2D eigenvalue weighted by Gasteiger charge is -2.29. The molecule has 1 saturated carbocycles. The molecule has 3 aromatic heterocycles. The van der Waals surface area contributed by atoms with Crippen LogP contribution in [0, 0.1) is 11.6 Å². The third-order valence-electron chi connectivity index (χ3n) is 7.30. The van der Waals surface area contributed by atoms with Gasteiger partial charge in [-0.2, -0.15) is 5.10 Å². The fourth-order valence-corrected chi connectivity index (χ4v) is 5.17. The molecule has 36 heavy (non-hydrogen) atoms. The predicted octanol–water partition coefficient (Wildman–Crippen LogP) is 4.23. The first-order valence-corrected chi connectivity index (χ1v) is 12.2. The first kappa shape index (κ1) is 21.8. The molecular formula is C26H23F2N5O3. The summed E-state index contributed by atoms with van der Waals surface area (Å²) in [6.45, 7) is 0.922. The average molecular weight is 491 g/mol. The summed E-state index contributed by atoms with van der Waals surface area (Å²) in [6, 6.07) is 3.82. The molecule has 7 rings (SSSR count). The number of ether oxygens (including phenoxy) is 2. The van der Waals surface area contributed by atoms with Gasteiger partial charge in [-0.25, -0.2) is 18.7 Å². The molecule has 0 radical (unpaired) electrons. The summed E-state index contributed by atoms with van der Waals surface area (Å²) in [6.07, 6.45) is 9.11. The van der Waals surface area contributed by atoms with Gasteiger partial charge in [-0.05, 0) is 37.8 Å². The second-order valence-electron chi connectivity index (χ2n) is 9.73. The summed E-state index contributed by atoms with van der Waals surface area (Å²) in [4.78, 5) is 22.8. The Hall–Kier alpha value is -3.50. The zero-order valence-electron chi connectivity index (χ0n) is 19.4. The number of fused-ring (bicyclic) bond motifs is 2. The molecule has 0 amide bonds. The van der Waals surface area contributed by atoms with Crippen LogP contribution in [0.25, 0.3) is 16.9 Å². The van der Waals surface area contributed by atoms with Gasteiger partial charge in [-0.3, -0.25) is 13.9 Å². The van der Waals surface area contributed by atoms with Gasteiger partial charge in [-0.15, -0.1) is 0 Å². The van der Waals surface area contributed by atoms with Crippen molar-refractivity contribution < 1.29 is 18.3 Å². The van der Waals surface area contributed by atoms with Crippen LogP contribution in [0.15, 0.2) is 41.6 Å². The molecule has 5 heterocycles. The molecule has 184 valence electrons. The molecule has 1 aromatic carbocycles. The summed E-state index contributed by atoms with van der Waals surface area (Å²) < 4.78 is 43.5. The maximum absolute atomic E-state index is 14.9. The molecular weight excluding hydrogens is 468 g/mol. The molecule has 0 spiro atoms. The lowest BCUT2D eigenvalue weighted by atomic mass is 9.90. The highest BCUT2D eigenvalue weighted by molar-refractivity contribution is 5.74. The van der Waals surface area contributed by atoms with Gasteiger partial charge in [-0.1, -0.05) is 0 Å². The van der Waals surface area contributed by atoms with Crippen LogP contribution in [-0.2, 0) is 22.7 Å². The summed E-state index contributed by atoms with van der Waals surface area (Å²) in [5, 5.41) is 4.49. The van der Waals surface area contributed by atoms with Gasteiger partial charge in [0.25, 0.3) is 5.56 Å². The Bertz CT molecular complexity index is 1560. The summed E-state index contributed by atoms with van der Waals surface area (Å²) in [5.74, 6) is -1.48. The Morgan fingerprint density at radius 2 is 1.94 bits per heavy atom. The lowest BCUT2D eigenvalue weighted by Crippen LogP contribution is -2.24. The Morgan fingerprint density at radius 3 is 2.78 bits per heavy atom. The summed E-state index contributed by atoms with van der Waals surface area (Å²) >= 11 is 0. The average Bonchev–Trinajstić information content (AvgIpc) is 3.41. The van der Waals surface area contributed by atoms with E-state index in [9.17, 15) is 13.6 Å². The van der Waals surface area contributed by atoms with E-state index in [-0.39, 0.29) is 47.7 Å².